The summed E-state index contributed by atoms with van der Waals surface area (Å²) in [6.07, 6.45) is -0.681. The highest BCUT2D eigenvalue weighted by Gasteiger charge is 2.11. The molecule has 2 aromatic rings. The summed E-state index contributed by atoms with van der Waals surface area (Å²) in [6, 6.07) is 14.4. The molecule has 0 aliphatic rings. The number of amides is 1. The van der Waals surface area contributed by atoms with Crippen LogP contribution in [0.4, 0.5) is 5.69 Å². The van der Waals surface area contributed by atoms with Crippen molar-refractivity contribution >= 4 is 24.0 Å². The number of halogens is 1. The molecule has 0 radical (unpaired) electrons. The third-order valence-electron chi connectivity index (χ3n) is 3.86. The fraction of sp³-hybridized carbons (Fsp3) is 0.333. The lowest BCUT2D eigenvalue weighted by Crippen LogP contribution is -2.35. The number of hydrogen-bond donors (Lipinski definition) is 3. The molecule has 0 saturated carbocycles. The summed E-state index contributed by atoms with van der Waals surface area (Å²) in [6.45, 7) is 6.42. The Kier molecular flexibility index (Phi) is 9.46. The molecule has 0 bridgehead atoms. The van der Waals surface area contributed by atoms with Crippen molar-refractivity contribution in [3.8, 4) is 11.8 Å². The van der Waals surface area contributed by atoms with Crippen molar-refractivity contribution in [1.82, 2.24) is 5.32 Å². The second-order valence-corrected chi connectivity index (χ2v) is 6.67. The first-order valence-corrected chi connectivity index (χ1v) is 8.85. The third kappa shape index (κ3) is 7.20. The van der Waals surface area contributed by atoms with E-state index in [0.717, 1.165) is 5.56 Å². The third-order valence-corrected chi connectivity index (χ3v) is 3.86. The summed E-state index contributed by atoms with van der Waals surface area (Å²) in [5, 5.41) is 25.2. The van der Waals surface area contributed by atoms with Gasteiger partial charge in [0, 0.05) is 23.8 Å². The van der Waals surface area contributed by atoms with Gasteiger partial charge in [-0.05, 0) is 37.3 Å². The number of anilines is 1. The second-order valence-electron chi connectivity index (χ2n) is 6.67. The minimum Gasteiger partial charge on any atom is -0.489 e. The second kappa shape index (κ2) is 11.3. The molecule has 150 valence electrons. The lowest BCUT2D eigenvalue weighted by atomic mass is 10.1. The van der Waals surface area contributed by atoms with Crippen LogP contribution in [0.3, 0.4) is 0 Å². The summed E-state index contributed by atoms with van der Waals surface area (Å²) in [5.41, 5.74) is 2.41. The SMILES string of the molecule is Cc1ccc(C(=O)Nc2ccc(OCC(O)CNC(C)C)c(C#N)c2)cc1.Cl. The predicted octanol–water partition coefficient (Wildman–Crippen LogP) is 3.28. The van der Waals surface area contributed by atoms with Crippen LogP contribution in [-0.4, -0.2) is 36.3 Å². The molecule has 7 heteroatoms. The average molecular weight is 404 g/mol. The summed E-state index contributed by atoms with van der Waals surface area (Å²) < 4.78 is 5.55. The number of nitriles is 1. The monoisotopic (exact) mass is 403 g/mol. The molecule has 3 N–H and O–H groups in total. The number of hydrogen-bond acceptors (Lipinski definition) is 5. The number of aliphatic hydroxyl groups is 1. The minimum absolute atomic E-state index is 0. The highest BCUT2D eigenvalue weighted by atomic mass is 35.5. The van der Waals surface area contributed by atoms with Crippen molar-refractivity contribution in [2.75, 3.05) is 18.5 Å². The van der Waals surface area contributed by atoms with E-state index in [9.17, 15) is 15.2 Å². The van der Waals surface area contributed by atoms with E-state index in [1.807, 2.05) is 32.9 Å². The van der Waals surface area contributed by atoms with Crippen LogP contribution in [-0.2, 0) is 0 Å². The largest absolute Gasteiger partial charge is 0.489 e. The first kappa shape index (κ1) is 23.4. The van der Waals surface area contributed by atoms with Crippen molar-refractivity contribution in [3.63, 3.8) is 0 Å². The molecule has 1 amide bonds. The fourth-order valence-electron chi connectivity index (χ4n) is 2.35. The lowest BCUT2D eigenvalue weighted by Gasteiger charge is -2.16. The maximum atomic E-state index is 12.3. The van der Waals surface area contributed by atoms with Gasteiger partial charge < -0.3 is 20.5 Å². The van der Waals surface area contributed by atoms with E-state index in [4.69, 9.17) is 4.74 Å². The summed E-state index contributed by atoms with van der Waals surface area (Å²) in [7, 11) is 0. The average Bonchev–Trinajstić information content (AvgIpc) is 2.65. The van der Waals surface area contributed by atoms with Gasteiger partial charge in [-0.25, -0.2) is 0 Å². The molecule has 1 atom stereocenters. The van der Waals surface area contributed by atoms with E-state index in [1.54, 1.807) is 30.3 Å². The standard InChI is InChI=1S/C21H25N3O3.ClH/c1-14(2)23-12-19(25)13-27-20-9-8-18(10-17(20)11-22)24-21(26)16-6-4-15(3)5-7-16;/h4-10,14,19,23,25H,12-13H2,1-3H3,(H,24,26);1H. The number of carbonyl (C=O) groups is 1. The molecule has 0 fully saturated rings. The van der Waals surface area contributed by atoms with Crippen LogP contribution < -0.4 is 15.4 Å². The Morgan fingerprint density at radius 2 is 1.89 bits per heavy atom. The fourth-order valence-corrected chi connectivity index (χ4v) is 2.35. The molecule has 0 aliphatic carbocycles. The van der Waals surface area contributed by atoms with Crippen LogP contribution in [0.15, 0.2) is 42.5 Å². The maximum Gasteiger partial charge on any atom is 0.255 e. The van der Waals surface area contributed by atoms with Crippen LogP contribution >= 0.6 is 12.4 Å². The highest BCUT2D eigenvalue weighted by molar-refractivity contribution is 6.04. The van der Waals surface area contributed by atoms with Crippen LogP contribution in [0.5, 0.6) is 5.75 Å². The van der Waals surface area contributed by atoms with E-state index < -0.39 is 6.10 Å². The van der Waals surface area contributed by atoms with Gasteiger partial charge in [0.05, 0.1) is 5.56 Å². The lowest BCUT2D eigenvalue weighted by molar-refractivity contribution is 0.102. The number of nitrogens with zero attached hydrogens (tertiary/aromatic N) is 1. The number of nitrogens with one attached hydrogen (secondary N) is 2. The molecule has 0 saturated heterocycles. The number of ether oxygens (including phenoxy) is 1. The number of aliphatic hydroxyl groups excluding tert-OH is 1. The Morgan fingerprint density at radius 3 is 2.50 bits per heavy atom. The zero-order valence-corrected chi connectivity index (χ0v) is 17.0. The summed E-state index contributed by atoms with van der Waals surface area (Å²) >= 11 is 0. The molecule has 2 rings (SSSR count). The van der Waals surface area contributed by atoms with Gasteiger partial charge in [-0.15, -0.1) is 12.4 Å². The number of rotatable bonds is 8. The van der Waals surface area contributed by atoms with Crippen LogP contribution in [0.2, 0.25) is 0 Å². The Balaban J connectivity index is 0.00000392. The molecular formula is C21H26ClN3O3. The molecule has 2 aromatic carbocycles. The molecule has 28 heavy (non-hydrogen) atoms. The number of benzene rings is 2. The Labute approximate surface area is 171 Å². The Morgan fingerprint density at radius 1 is 1.21 bits per heavy atom. The van der Waals surface area contributed by atoms with E-state index in [1.165, 1.54) is 0 Å². The number of carbonyl (C=O) groups excluding carboxylic acids is 1. The van der Waals surface area contributed by atoms with Gasteiger partial charge in [-0.3, -0.25) is 4.79 Å². The zero-order chi connectivity index (χ0) is 19.8. The predicted molar refractivity (Wildman–Crippen MR) is 112 cm³/mol. The normalized spacial score (nSPS) is 11.3. The van der Waals surface area contributed by atoms with Crippen molar-refractivity contribution in [2.24, 2.45) is 0 Å². The van der Waals surface area contributed by atoms with Crippen molar-refractivity contribution in [2.45, 2.75) is 32.9 Å². The van der Waals surface area contributed by atoms with Gasteiger partial charge in [-0.2, -0.15) is 5.26 Å². The zero-order valence-electron chi connectivity index (χ0n) is 16.2. The maximum absolute atomic E-state index is 12.3. The van der Waals surface area contributed by atoms with Crippen LogP contribution in [0.25, 0.3) is 0 Å². The van der Waals surface area contributed by atoms with Crippen molar-refractivity contribution in [3.05, 3.63) is 59.2 Å². The quantitative estimate of drug-likeness (QED) is 0.628. The van der Waals surface area contributed by atoms with Crippen LogP contribution in [0.1, 0.15) is 35.3 Å². The van der Waals surface area contributed by atoms with Crippen LogP contribution in [0, 0.1) is 18.3 Å². The molecular weight excluding hydrogens is 378 g/mol. The smallest absolute Gasteiger partial charge is 0.255 e. The molecule has 1 unspecified atom stereocenters. The highest BCUT2D eigenvalue weighted by Crippen LogP contribution is 2.23. The topological polar surface area (TPSA) is 94.4 Å². The first-order chi connectivity index (χ1) is 12.9. The minimum atomic E-state index is -0.681. The molecule has 0 aliphatic heterocycles. The molecule has 0 heterocycles. The summed E-state index contributed by atoms with van der Waals surface area (Å²) in [4.78, 5) is 12.3. The van der Waals surface area contributed by atoms with Gasteiger partial charge in [0.25, 0.3) is 5.91 Å². The van der Waals surface area contributed by atoms with E-state index >= 15 is 0 Å². The summed E-state index contributed by atoms with van der Waals surface area (Å²) in [5.74, 6) is 0.122. The molecule has 6 nitrogen and oxygen atoms in total. The molecule has 0 aromatic heterocycles. The van der Waals surface area contributed by atoms with Gasteiger partial charge in [0.15, 0.2) is 0 Å². The van der Waals surface area contributed by atoms with Gasteiger partial charge >= 0.3 is 0 Å². The van der Waals surface area contributed by atoms with Gasteiger partial charge in [0.2, 0.25) is 0 Å². The Hall–Kier alpha value is -2.59. The van der Waals surface area contributed by atoms with Crippen molar-refractivity contribution < 1.29 is 14.6 Å². The van der Waals surface area contributed by atoms with Crippen molar-refractivity contribution in [1.29, 1.82) is 5.26 Å². The number of aryl methyl sites for hydroxylation is 1. The Bertz CT molecular complexity index is 817. The molecule has 0 spiro atoms. The van der Waals surface area contributed by atoms with E-state index in [0.29, 0.717) is 29.1 Å². The first-order valence-electron chi connectivity index (χ1n) is 8.85. The van der Waals surface area contributed by atoms with Gasteiger partial charge in [0.1, 0.15) is 24.5 Å². The van der Waals surface area contributed by atoms with E-state index in [-0.39, 0.29) is 31.0 Å². The van der Waals surface area contributed by atoms with E-state index in [2.05, 4.69) is 16.7 Å². The van der Waals surface area contributed by atoms with Gasteiger partial charge in [-0.1, -0.05) is 31.5 Å².